The van der Waals surface area contributed by atoms with E-state index in [9.17, 15) is 0 Å². The standard InChI is InChI=1S/C15H17ClN6O/c1-3-23-12-5-4-11(16)8-10(12)6-7-17-14-13-15(19-9-18-14)22(2)21-20-13/h4-5,8-9H,3,6-7H2,1-2H3,(H,17,18,19). The van der Waals surface area contributed by atoms with Gasteiger partial charge >= 0.3 is 0 Å². The maximum Gasteiger partial charge on any atom is 0.183 e. The van der Waals surface area contributed by atoms with Crippen molar-refractivity contribution in [1.29, 1.82) is 0 Å². The zero-order valence-corrected chi connectivity index (χ0v) is 13.7. The summed E-state index contributed by atoms with van der Waals surface area (Å²) in [5.41, 5.74) is 2.41. The normalized spacial score (nSPS) is 10.9. The first-order valence-corrected chi connectivity index (χ1v) is 7.72. The van der Waals surface area contributed by atoms with Gasteiger partial charge in [-0.3, -0.25) is 0 Å². The second kappa shape index (κ2) is 6.78. The molecule has 0 aliphatic carbocycles. The zero-order valence-electron chi connectivity index (χ0n) is 13.0. The number of hydrogen-bond donors (Lipinski definition) is 1. The summed E-state index contributed by atoms with van der Waals surface area (Å²) in [6, 6.07) is 5.65. The predicted molar refractivity (Wildman–Crippen MR) is 88.9 cm³/mol. The first-order valence-electron chi connectivity index (χ1n) is 7.34. The number of aromatic nitrogens is 5. The second-order valence-corrected chi connectivity index (χ2v) is 5.41. The number of nitrogens with zero attached hydrogens (tertiary/aromatic N) is 5. The molecule has 1 aromatic carbocycles. The van der Waals surface area contributed by atoms with E-state index in [1.807, 2.05) is 25.1 Å². The van der Waals surface area contributed by atoms with Crippen LogP contribution in [0.1, 0.15) is 12.5 Å². The molecule has 0 saturated carbocycles. The fraction of sp³-hybridized carbons (Fsp3) is 0.333. The van der Waals surface area contributed by atoms with Crippen molar-refractivity contribution < 1.29 is 4.74 Å². The molecule has 3 rings (SSSR count). The number of anilines is 1. The van der Waals surface area contributed by atoms with Crippen LogP contribution in [0.15, 0.2) is 24.5 Å². The fourth-order valence-corrected chi connectivity index (χ4v) is 2.53. The highest BCUT2D eigenvalue weighted by Gasteiger charge is 2.10. The van der Waals surface area contributed by atoms with E-state index in [4.69, 9.17) is 16.3 Å². The van der Waals surface area contributed by atoms with Gasteiger partial charge in [0.05, 0.1) is 6.61 Å². The molecular formula is C15H17ClN6O. The number of aryl methyl sites for hydroxylation is 1. The van der Waals surface area contributed by atoms with Crippen LogP contribution in [0.3, 0.4) is 0 Å². The Hall–Kier alpha value is -2.41. The number of benzene rings is 1. The summed E-state index contributed by atoms with van der Waals surface area (Å²) >= 11 is 6.08. The van der Waals surface area contributed by atoms with Gasteiger partial charge in [-0.1, -0.05) is 16.8 Å². The van der Waals surface area contributed by atoms with Gasteiger partial charge in [-0.05, 0) is 37.1 Å². The first kappa shape index (κ1) is 15.5. The van der Waals surface area contributed by atoms with Crippen LogP contribution in [0.4, 0.5) is 5.82 Å². The molecule has 0 unspecified atom stereocenters. The van der Waals surface area contributed by atoms with Gasteiger partial charge in [0.15, 0.2) is 17.0 Å². The summed E-state index contributed by atoms with van der Waals surface area (Å²) in [5.74, 6) is 1.52. The van der Waals surface area contributed by atoms with Crippen LogP contribution < -0.4 is 10.1 Å². The van der Waals surface area contributed by atoms with Crippen molar-refractivity contribution in [2.75, 3.05) is 18.5 Å². The van der Waals surface area contributed by atoms with Crippen LogP contribution in [-0.2, 0) is 13.5 Å². The van der Waals surface area contributed by atoms with Crippen molar-refractivity contribution in [3.8, 4) is 5.75 Å². The lowest BCUT2D eigenvalue weighted by atomic mass is 10.1. The third-order valence-corrected chi connectivity index (χ3v) is 3.63. The van der Waals surface area contributed by atoms with Gasteiger partial charge in [-0.15, -0.1) is 5.10 Å². The Bertz CT molecular complexity index is 819. The molecule has 0 aliphatic heterocycles. The minimum Gasteiger partial charge on any atom is -0.494 e. The highest BCUT2D eigenvalue weighted by atomic mass is 35.5. The molecule has 2 heterocycles. The number of fused-ring (bicyclic) bond motifs is 1. The second-order valence-electron chi connectivity index (χ2n) is 4.97. The maximum atomic E-state index is 6.08. The Labute approximate surface area is 138 Å². The summed E-state index contributed by atoms with van der Waals surface area (Å²) in [6.45, 7) is 3.25. The Morgan fingerprint density at radius 3 is 3.00 bits per heavy atom. The fourth-order valence-electron chi connectivity index (χ4n) is 2.34. The quantitative estimate of drug-likeness (QED) is 0.747. The van der Waals surface area contributed by atoms with Crippen molar-refractivity contribution in [2.24, 2.45) is 7.05 Å². The Morgan fingerprint density at radius 1 is 1.30 bits per heavy atom. The predicted octanol–water partition coefficient (Wildman–Crippen LogP) is 2.46. The molecule has 0 amide bonds. The molecule has 0 saturated heterocycles. The minimum absolute atomic E-state index is 0.619. The molecule has 0 radical (unpaired) electrons. The average molecular weight is 333 g/mol. The van der Waals surface area contributed by atoms with Gasteiger partial charge in [0, 0.05) is 18.6 Å². The van der Waals surface area contributed by atoms with Crippen molar-refractivity contribution in [2.45, 2.75) is 13.3 Å². The topological polar surface area (TPSA) is 77.8 Å². The molecule has 1 N–H and O–H groups in total. The lowest BCUT2D eigenvalue weighted by Gasteiger charge is -2.11. The Morgan fingerprint density at radius 2 is 2.17 bits per heavy atom. The number of hydrogen-bond acceptors (Lipinski definition) is 6. The van der Waals surface area contributed by atoms with Crippen molar-refractivity contribution in [3.05, 3.63) is 35.1 Å². The maximum absolute atomic E-state index is 6.08. The molecule has 3 aromatic rings. The van der Waals surface area contributed by atoms with E-state index < -0.39 is 0 Å². The molecular weight excluding hydrogens is 316 g/mol. The van der Waals surface area contributed by atoms with Crippen LogP contribution in [0, 0.1) is 0 Å². The summed E-state index contributed by atoms with van der Waals surface area (Å²) < 4.78 is 7.25. The molecule has 120 valence electrons. The number of halogens is 1. The van der Waals surface area contributed by atoms with E-state index in [-0.39, 0.29) is 0 Å². The molecule has 0 atom stereocenters. The summed E-state index contributed by atoms with van der Waals surface area (Å²) in [5, 5.41) is 12.0. The Balaban J connectivity index is 1.73. The molecule has 0 aliphatic rings. The highest BCUT2D eigenvalue weighted by molar-refractivity contribution is 6.30. The van der Waals surface area contributed by atoms with E-state index in [0.29, 0.717) is 35.2 Å². The van der Waals surface area contributed by atoms with Gasteiger partial charge in [-0.2, -0.15) is 0 Å². The van der Waals surface area contributed by atoms with Crippen LogP contribution >= 0.6 is 11.6 Å². The number of nitrogens with one attached hydrogen (secondary N) is 1. The van der Waals surface area contributed by atoms with Crippen molar-refractivity contribution >= 4 is 28.6 Å². The van der Waals surface area contributed by atoms with E-state index in [1.165, 1.54) is 6.33 Å². The Kier molecular flexibility index (Phi) is 4.57. The molecule has 0 spiro atoms. The van der Waals surface area contributed by atoms with E-state index >= 15 is 0 Å². The molecule has 2 aromatic heterocycles. The van der Waals surface area contributed by atoms with Crippen LogP contribution in [0.2, 0.25) is 5.02 Å². The first-order chi connectivity index (χ1) is 11.2. The monoisotopic (exact) mass is 332 g/mol. The van der Waals surface area contributed by atoms with Gasteiger partial charge in [0.1, 0.15) is 12.1 Å². The van der Waals surface area contributed by atoms with E-state index in [2.05, 4.69) is 25.6 Å². The zero-order chi connectivity index (χ0) is 16.2. The lowest BCUT2D eigenvalue weighted by Crippen LogP contribution is -2.08. The molecule has 8 heteroatoms. The van der Waals surface area contributed by atoms with Crippen LogP contribution in [0.25, 0.3) is 11.2 Å². The lowest BCUT2D eigenvalue weighted by molar-refractivity contribution is 0.336. The number of rotatable bonds is 6. The molecule has 0 fully saturated rings. The third kappa shape index (κ3) is 3.34. The third-order valence-electron chi connectivity index (χ3n) is 3.40. The number of ether oxygens (including phenoxy) is 1. The molecule has 0 bridgehead atoms. The molecule has 7 nitrogen and oxygen atoms in total. The summed E-state index contributed by atoms with van der Waals surface area (Å²) in [7, 11) is 1.80. The van der Waals surface area contributed by atoms with Crippen molar-refractivity contribution in [1.82, 2.24) is 25.0 Å². The van der Waals surface area contributed by atoms with Crippen LogP contribution in [-0.4, -0.2) is 38.1 Å². The van der Waals surface area contributed by atoms with Crippen molar-refractivity contribution in [3.63, 3.8) is 0 Å². The van der Waals surface area contributed by atoms with Crippen LogP contribution in [0.5, 0.6) is 5.75 Å². The SMILES string of the molecule is CCOc1ccc(Cl)cc1CCNc1ncnc2c1nnn2C. The van der Waals surface area contributed by atoms with Gasteiger partial charge in [0.2, 0.25) is 0 Å². The smallest absolute Gasteiger partial charge is 0.183 e. The van der Waals surface area contributed by atoms with Gasteiger partial charge in [-0.25, -0.2) is 14.6 Å². The molecule has 23 heavy (non-hydrogen) atoms. The van der Waals surface area contributed by atoms with E-state index in [1.54, 1.807) is 11.7 Å². The van der Waals surface area contributed by atoms with E-state index in [0.717, 1.165) is 17.7 Å². The summed E-state index contributed by atoms with van der Waals surface area (Å²) in [6.07, 6.45) is 2.25. The average Bonchev–Trinajstić information content (AvgIpc) is 2.92. The highest BCUT2D eigenvalue weighted by Crippen LogP contribution is 2.24. The largest absolute Gasteiger partial charge is 0.494 e. The minimum atomic E-state index is 0.619. The van der Waals surface area contributed by atoms with Gasteiger partial charge < -0.3 is 10.1 Å². The summed E-state index contributed by atoms with van der Waals surface area (Å²) in [4.78, 5) is 8.40. The van der Waals surface area contributed by atoms with Gasteiger partial charge in [0.25, 0.3) is 0 Å².